The number of hydrogen-bond donors (Lipinski definition) is 1. The highest BCUT2D eigenvalue weighted by Gasteiger charge is 2.23. The van der Waals surface area contributed by atoms with Crippen molar-refractivity contribution in [3.05, 3.63) is 11.6 Å². The van der Waals surface area contributed by atoms with Gasteiger partial charge in [0.25, 0.3) is 0 Å². The van der Waals surface area contributed by atoms with Gasteiger partial charge in [0.2, 0.25) is 0 Å². The zero-order valence-electron chi connectivity index (χ0n) is 10.9. The molecule has 5 nitrogen and oxygen atoms in total. The smallest absolute Gasteiger partial charge is 0.410 e. The molecule has 0 saturated carbocycles. The first kappa shape index (κ1) is 14.0. The van der Waals surface area contributed by atoms with Crippen LogP contribution in [0.2, 0.25) is 0 Å². The van der Waals surface area contributed by atoms with Crippen molar-refractivity contribution in [2.75, 3.05) is 19.7 Å². The Labute approximate surface area is 103 Å². The fourth-order valence-electron chi connectivity index (χ4n) is 1.67. The molecule has 2 N–H and O–H groups in total. The highest BCUT2D eigenvalue weighted by molar-refractivity contribution is 5.68. The molecule has 1 heterocycles. The minimum absolute atomic E-state index is 0.253. The zero-order chi connectivity index (χ0) is 12.9. The van der Waals surface area contributed by atoms with Gasteiger partial charge in [-0.2, -0.15) is 0 Å². The van der Waals surface area contributed by atoms with E-state index in [9.17, 15) is 4.79 Å². The lowest BCUT2D eigenvalue weighted by Crippen LogP contribution is -2.40. The molecule has 1 aliphatic rings. The van der Waals surface area contributed by atoms with Crippen LogP contribution in [0.5, 0.6) is 0 Å². The molecule has 0 saturated heterocycles. The Hall–Kier alpha value is -1.07. The number of nitrogens with two attached hydrogens (primary N) is 1. The standard InChI is InChI=1S/C12H22N2O3/c1-12(2,3)17-11(15)14-7-4-5-10(9-14)6-8-16-13/h5H,4,6-9,13H2,1-3H3. The third-order valence-electron chi connectivity index (χ3n) is 2.42. The zero-order valence-corrected chi connectivity index (χ0v) is 10.9. The van der Waals surface area contributed by atoms with Crippen LogP contribution in [0.15, 0.2) is 11.6 Å². The summed E-state index contributed by atoms with van der Waals surface area (Å²) < 4.78 is 5.33. The quantitative estimate of drug-likeness (QED) is 0.605. The molecule has 0 bridgehead atoms. The number of ether oxygens (including phenoxy) is 1. The predicted octanol–water partition coefficient (Wildman–Crippen LogP) is 1.83. The fourth-order valence-corrected chi connectivity index (χ4v) is 1.67. The third-order valence-corrected chi connectivity index (χ3v) is 2.42. The number of hydrogen-bond acceptors (Lipinski definition) is 4. The van der Waals surface area contributed by atoms with Crippen molar-refractivity contribution in [1.82, 2.24) is 4.90 Å². The summed E-state index contributed by atoms with van der Waals surface area (Å²) in [6.45, 7) is 7.41. The molecule has 1 rings (SSSR count). The maximum atomic E-state index is 11.9. The van der Waals surface area contributed by atoms with E-state index in [0.29, 0.717) is 19.7 Å². The molecule has 0 atom stereocenters. The van der Waals surface area contributed by atoms with Gasteiger partial charge < -0.3 is 14.5 Å². The third kappa shape index (κ3) is 5.19. The van der Waals surface area contributed by atoms with E-state index >= 15 is 0 Å². The Morgan fingerprint density at radius 2 is 2.24 bits per heavy atom. The summed E-state index contributed by atoms with van der Waals surface area (Å²) in [7, 11) is 0. The number of carbonyl (C=O) groups is 1. The lowest BCUT2D eigenvalue weighted by molar-refractivity contribution is 0.0258. The topological polar surface area (TPSA) is 64.8 Å². The number of carbonyl (C=O) groups excluding carboxylic acids is 1. The van der Waals surface area contributed by atoms with Crippen molar-refractivity contribution in [3.63, 3.8) is 0 Å². The molecule has 0 spiro atoms. The summed E-state index contributed by atoms with van der Waals surface area (Å²) in [5.41, 5.74) is 0.728. The summed E-state index contributed by atoms with van der Waals surface area (Å²) >= 11 is 0. The van der Waals surface area contributed by atoms with E-state index in [1.807, 2.05) is 20.8 Å². The second-order valence-corrected chi connectivity index (χ2v) is 5.17. The van der Waals surface area contributed by atoms with Gasteiger partial charge >= 0.3 is 6.09 Å². The Bertz CT molecular complexity index is 295. The lowest BCUT2D eigenvalue weighted by atomic mass is 10.1. The van der Waals surface area contributed by atoms with Crippen LogP contribution in [0.4, 0.5) is 4.79 Å². The maximum Gasteiger partial charge on any atom is 0.410 e. The van der Waals surface area contributed by atoms with E-state index in [4.69, 9.17) is 10.6 Å². The SMILES string of the molecule is CC(C)(C)OC(=O)N1CCC=C(CCON)C1. The van der Waals surface area contributed by atoms with E-state index in [-0.39, 0.29) is 6.09 Å². The monoisotopic (exact) mass is 242 g/mol. The average molecular weight is 242 g/mol. The van der Waals surface area contributed by atoms with Gasteiger partial charge in [0.1, 0.15) is 5.60 Å². The summed E-state index contributed by atoms with van der Waals surface area (Å²) in [4.78, 5) is 18.1. The van der Waals surface area contributed by atoms with Gasteiger partial charge in [0, 0.05) is 13.1 Å². The molecule has 17 heavy (non-hydrogen) atoms. The van der Waals surface area contributed by atoms with Crippen molar-refractivity contribution in [1.29, 1.82) is 0 Å². The first-order valence-electron chi connectivity index (χ1n) is 5.90. The van der Waals surface area contributed by atoms with Gasteiger partial charge in [-0.25, -0.2) is 10.7 Å². The fraction of sp³-hybridized carbons (Fsp3) is 0.750. The molecule has 0 aromatic carbocycles. The summed E-state index contributed by atoms with van der Waals surface area (Å²) in [6, 6.07) is 0. The highest BCUT2D eigenvalue weighted by atomic mass is 16.6. The Morgan fingerprint density at radius 1 is 1.53 bits per heavy atom. The van der Waals surface area contributed by atoms with Crippen LogP contribution in [-0.2, 0) is 9.57 Å². The van der Waals surface area contributed by atoms with Crippen molar-refractivity contribution in [2.45, 2.75) is 39.2 Å². The maximum absolute atomic E-state index is 11.9. The molecule has 5 heteroatoms. The minimum Gasteiger partial charge on any atom is -0.444 e. The van der Waals surface area contributed by atoms with Gasteiger partial charge in [-0.1, -0.05) is 11.6 Å². The summed E-state index contributed by atoms with van der Waals surface area (Å²) in [5, 5.41) is 0. The van der Waals surface area contributed by atoms with Gasteiger partial charge in [-0.15, -0.1) is 0 Å². The van der Waals surface area contributed by atoms with Crippen molar-refractivity contribution >= 4 is 6.09 Å². The number of nitrogens with zero attached hydrogens (tertiary/aromatic N) is 1. The van der Waals surface area contributed by atoms with Crippen LogP contribution < -0.4 is 5.90 Å². The summed E-state index contributed by atoms with van der Waals surface area (Å²) in [6.07, 6.45) is 3.51. The molecule has 1 amide bonds. The van der Waals surface area contributed by atoms with Crippen molar-refractivity contribution in [2.24, 2.45) is 5.90 Å². The number of amides is 1. The summed E-state index contributed by atoms with van der Waals surface area (Å²) in [5.74, 6) is 4.99. The van der Waals surface area contributed by atoms with Crippen LogP contribution >= 0.6 is 0 Å². The molecule has 0 radical (unpaired) electrons. The van der Waals surface area contributed by atoms with Gasteiger partial charge in [0.15, 0.2) is 0 Å². The van der Waals surface area contributed by atoms with Crippen molar-refractivity contribution < 1.29 is 14.4 Å². The molecule has 98 valence electrons. The van der Waals surface area contributed by atoms with Gasteiger partial charge in [-0.05, 0) is 33.6 Å². The second kappa shape index (κ2) is 6.02. The van der Waals surface area contributed by atoms with Crippen LogP contribution in [0.1, 0.15) is 33.6 Å². The van der Waals surface area contributed by atoms with Crippen LogP contribution in [0, 0.1) is 0 Å². The van der Waals surface area contributed by atoms with E-state index < -0.39 is 5.60 Å². The molecule has 0 aliphatic carbocycles. The molecule has 1 aliphatic heterocycles. The molecular weight excluding hydrogens is 220 g/mol. The Balaban J connectivity index is 2.46. The first-order valence-corrected chi connectivity index (χ1v) is 5.90. The van der Waals surface area contributed by atoms with Crippen LogP contribution in [-0.4, -0.2) is 36.3 Å². The molecule has 0 aromatic heterocycles. The first-order chi connectivity index (χ1) is 7.92. The Morgan fingerprint density at radius 3 is 2.82 bits per heavy atom. The molecule has 0 fully saturated rings. The van der Waals surface area contributed by atoms with Gasteiger partial charge in [0.05, 0.1) is 6.61 Å². The highest BCUT2D eigenvalue weighted by Crippen LogP contribution is 2.16. The molecular formula is C12H22N2O3. The lowest BCUT2D eigenvalue weighted by Gasteiger charge is -2.30. The number of rotatable bonds is 3. The van der Waals surface area contributed by atoms with Crippen LogP contribution in [0.25, 0.3) is 0 Å². The molecule has 0 unspecified atom stereocenters. The van der Waals surface area contributed by atoms with Crippen LogP contribution in [0.3, 0.4) is 0 Å². The van der Waals surface area contributed by atoms with E-state index in [0.717, 1.165) is 12.8 Å². The van der Waals surface area contributed by atoms with E-state index in [1.54, 1.807) is 4.90 Å². The predicted molar refractivity (Wildman–Crippen MR) is 65.3 cm³/mol. The largest absolute Gasteiger partial charge is 0.444 e. The Kier molecular flexibility index (Phi) is 4.96. The van der Waals surface area contributed by atoms with E-state index in [2.05, 4.69) is 10.9 Å². The second-order valence-electron chi connectivity index (χ2n) is 5.17. The molecule has 0 aromatic rings. The van der Waals surface area contributed by atoms with Crippen molar-refractivity contribution in [3.8, 4) is 0 Å². The minimum atomic E-state index is -0.446. The average Bonchev–Trinajstić information content (AvgIpc) is 2.24. The normalized spacial score (nSPS) is 16.7. The van der Waals surface area contributed by atoms with E-state index in [1.165, 1.54) is 5.57 Å². The van der Waals surface area contributed by atoms with Gasteiger partial charge in [-0.3, -0.25) is 0 Å².